The lowest BCUT2D eigenvalue weighted by Crippen LogP contribution is -2.25. The molecule has 0 heterocycles. The molecular formula is C13H17NO. The molecule has 15 heavy (non-hydrogen) atoms. The first-order valence-corrected chi connectivity index (χ1v) is 5.41. The first-order valence-electron chi connectivity index (χ1n) is 5.41. The van der Waals surface area contributed by atoms with Crippen LogP contribution in [0, 0.1) is 11.3 Å². The number of hydrogen-bond acceptors (Lipinski definition) is 1. The Morgan fingerprint density at radius 2 is 2.00 bits per heavy atom. The van der Waals surface area contributed by atoms with Crippen molar-refractivity contribution < 1.29 is 4.79 Å². The molecule has 1 aliphatic rings. The molecule has 1 N–H and O–H groups in total. The molecular weight excluding hydrogens is 186 g/mol. The summed E-state index contributed by atoms with van der Waals surface area (Å²) in [7, 11) is 0. The maximum absolute atomic E-state index is 11.7. The van der Waals surface area contributed by atoms with Gasteiger partial charge < -0.3 is 5.32 Å². The quantitative estimate of drug-likeness (QED) is 0.802. The van der Waals surface area contributed by atoms with Gasteiger partial charge in [0.15, 0.2) is 0 Å². The van der Waals surface area contributed by atoms with Crippen LogP contribution >= 0.6 is 0 Å². The first kappa shape index (κ1) is 10.2. The monoisotopic (exact) mass is 203 g/mol. The summed E-state index contributed by atoms with van der Waals surface area (Å²) in [5, 5.41) is 2.98. The molecule has 1 saturated carbocycles. The van der Waals surface area contributed by atoms with Gasteiger partial charge in [-0.25, -0.2) is 0 Å². The molecule has 0 aromatic heterocycles. The van der Waals surface area contributed by atoms with Crippen molar-refractivity contribution in [3.63, 3.8) is 0 Å². The number of carbonyl (C=O) groups is 1. The van der Waals surface area contributed by atoms with Gasteiger partial charge in [-0.15, -0.1) is 0 Å². The van der Waals surface area contributed by atoms with Crippen LogP contribution in [-0.2, 0) is 11.3 Å². The van der Waals surface area contributed by atoms with E-state index >= 15 is 0 Å². The Morgan fingerprint density at radius 3 is 2.53 bits per heavy atom. The lowest BCUT2D eigenvalue weighted by atomic mass is 10.1. The Morgan fingerprint density at radius 1 is 1.40 bits per heavy atom. The highest BCUT2D eigenvalue weighted by molar-refractivity contribution is 5.82. The van der Waals surface area contributed by atoms with Gasteiger partial charge in [0.05, 0.1) is 0 Å². The molecule has 0 radical (unpaired) electrons. The van der Waals surface area contributed by atoms with Crippen LogP contribution in [0.25, 0.3) is 0 Å². The average Bonchev–Trinajstić information content (AvgIpc) is 2.86. The van der Waals surface area contributed by atoms with Crippen molar-refractivity contribution in [3.8, 4) is 0 Å². The second-order valence-electron chi connectivity index (χ2n) is 4.95. The van der Waals surface area contributed by atoms with Crippen LogP contribution in [0.2, 0.25) is 0 Å². The van der Waals surface area contributed by atoms with Crippen molar-refractivity contribution in [1.29, 1.82) is 0 Å². The molecule has 1 atom stereocenters. The summed E-state index contributed by atoms with van der Waals surface area (Å²) in [6, 6.07) is 10.0. The van der Waals surface area contributed by atoms with Gasteiger partial charge in [-0.2, -0.15) is 0 Å². The third-order valence-corrected chi connectivity index (χ3v) is 3.14. The van der Waals surface area contributed by atoms with Crippen LogP contribution in [0.4, 0.5) is 0 Å². The molecule has 1 aliphatic carbocycles. The molecule has 2 rings (SSSR count). The largest absolute Gasteiger partial charge is 0.352 e. The first-order chi connectivity index (χ1) is 7.09. The van der Waals surface area contributed by atoms with E-state index in [0.717, 1.165) is 12.0 Å². The molecule has 1 amide bonds. The number of benzene rings is 1. The van der Waals surface area contributed by atoms with Gasteiger partial charge in [0, 0.05) is 12.5 Å². The Balaban J connectivity index is 1.82. The molecule has 2 nitrogen and oxygen atoms in total. The Labute approximate surface area is 90.7 Å². The van der Waals surface area contributed by atoms with Crippen LogP contribution in [-0.4, -0.2) is 5.91 Å². The van der Waals surface area contributed by atoms with Gasteiger partial charge in [0.2, 0.25) is 5.91 Å². The van der Waals surface area contributed by atoms with Crippen molar-refractivity contribution in [2.75, 3.05) is 0 Å². The molecule has 0 bridgehead atoms. The maximum Gasteiger partial charge on any atom is 0.223 e. The van der Waals surface area contributed by atoms with E-state index in [1.54, 1.807) is 0 Å². The fourth-order valence-corrected chi connectivity index (χ4v) is 1.82. The number of rotatable bonds is 3. The predicted molar refractivity (Wildman–Crippen MR) is 60.2 cm³/mol. The minimum Gasteiger partial charge on any atom is -0.352 e. The lowest BCUT2D eigenvalue weighted by molar-refractivity contribution is -0.123. The topological polar surface area (TPSA) is 29.1 Å². The Bertz CT molecular complexity index is 356. The van der Waals surface area contributed by atoms with Crippen LogP contribution < -0.4 is 5.32 Å². The Kier molecular flexibility index (Phi) is 2.51. The van der Waals surface area contributed by atoms with Crippen molar-refractivity contribution in [2.24, 2.45) is 11.3 Å². The molecule has 2 heteroatoms. The third-order valence-electron chi connectivity index (χ3n) is 3.14. The smallest absolute Gasteiger partial charge is 0.223 e. The van der Waals surface area contributed by atoms with Gasteiger partial charge in [0.1, 0.15) is 0 Å². The summed E-state index contributed by atoms with van der Waals surface area (Å²) < 4.78 is 0. The number of amides is 1. The van der Waals surface area contributed by atoms with Crippen molar-refractivity contribution in [3.05, 3.63) is 35.9 Å². The third kappa shape index (κ3) is 2.38. The normalized spacial score (nSPS) is 22.1. The molecule has 0 saturated heterocycles. The highest BCUT2D eigenvalue weighted by Gasteiger charge is 2.50. The average molecular weight is 203 g/mol. The van der Waals surface area contributed by atoms with E-state index in [2.05, 4.69) is 19.2 Å². The summed E-state index contributed by atoms with van der Waals surface area (Å²) >= 11 is 0. The predicted octanol–water partition coefficient (Wildman–Crippen LogP) is 2.35. The van der Waals surface area contributed by atoms with Crippen LogP contribution in [0.1, 0.15) is 25.8 Å². The summed E-state index contributed by atoms with van der Waals surface area (Å²) in [6.07, 6.45) is 1.02. The van der Waals surface area contributed by atoms with Gasteiger partial charge in [-0.3, -0.25) is 4.79 Å². The van der Waals surface area contributed by atoms with Crippen LogP contribution in [0.5, 0.6) is 0 Å². The Hall–Kier alpha value is -1.31. The van der Waals surface area contributed by atoms with Crippen molar-refractivity contribution in [2.45, 2.75) is 26.8 Å². The van der Waals surface area contributed by atoms with Crippen molar-refractivity contribution in [1.82, 2.24) is 5.32 Å². The van der Waals surface area contributed by atoms with Gasteiger partial charge >= 0.3 is 0 Å². The molecule has 80 valence electrons. The van der Waals surface area contributed by atoms with E-state index < -0.39 is 0 Å². The highest BCUT2D eigenvalue weighted by atomic mass is 16.2. The summed E-state index contributed by atoms with van der Waals surface area (Å²) in [5.41, 5.74) is 1.38. The fourth-order valence-electron chi connectivity index (χ4n) is 1.82. The van der Waals surface area contributed by atoms with E-state index in [1.165, 1.54) is 0 Å². The number of hydrogen-bond donors (Lipinski definition) is 1. The van der Waals surface area contributed by atoms with Gasteiger partial charge in [-0.1, -0.05) is 44.2 Å². The zero-order valence-electron chi connectivity index (χ0n) is 9.29. The van der Waals surface area contributed by atoms with E-state index in [9.17, 15) is 4.79 Å². The molecule has 1 aromatic carbocycles. The highest BCUT2D eigenvalue weighted by Crippen LogP contribution is 2.51. The van der Waals surface area contributed by atoms with Crippen LogP contribution in [0.3, 0.4) is 0 Å². The minimum atomic E-state index is 0.198. The van der Waals surface area contributed by atoms with Crippen molar-refractivity contribution >= 4 is 5.91 Å². The van der Waals surface area contributed by atoms with E-state index in [4.69, 9.17) is 0 Å². The van der Waals surface area contributed by atoms with Gasteiger partial charge in [0.25, 0.3) is 0 Å². The van der Waals surface area contributed by atoms with Gasteiger partial charge in [-0.05, 0) is 17.4 Å². The summed E-state index contributed by atoms with van der Waals surface area (Å²) in [6.45, 7) is 4.92. The fraction of sp³-hybridized carbons (Fsp3) is 0.462. The minimum absolute atomic E-state index is 0.198. The van der Waals surface area contributed by atoms with E-state index in [1.807, 2.05) is 30.3 Å². The molecule has 1 fully saturated rings. The summed E-state index contributed by atoms with van der Waals surface area (Å²) in [5.74, 6) is 0.421. The molecule has 0 unspecified atom stereocenters. The second kappa shape index (κ2) is 3.69. The standard InChI is InChI=1S/C13H17NO/c1-13(2)8-11(13)12(15)14-9-10-6-4-3-5-7-10/h3-7,11H,8-9H2,1-2H3,(H,14,15)/t11-/m0/s1. The van der Waals surface area contributed by atoms with Crippen LogP contribution in [0.15, 0.2) is 30.3 Å². The second-order valence-corrected chi connectivity index (χ2v) is 4.95. The lowest BCUT2D eigenvalue weighted by Gasteiger charge is -2.06. The maximum atomic E-state index is 11.7. The molecule has 0 spiro atoms. The number of nitrogens with one attached hydrogen (secondary N) is 1. The zero-order valence-corrected chi connectivity index (χ0v) is 9.29. The zero-order chi connectivity index (χ0) is 10.9. The molecule has 1 aromatic rings. The SMILES string of the molecule is CC1(C)C[C@H]1C(=O)NCc1ccccc1. The van der Waals surface area contributed by atoms with E-state index in [-0.39, 0.29) is 17.2 Å². The summed E-state index contributed by atoms with van der Waals surface area (Å²) in [4.78, 5) is 11.7. The number of carbonyl (C=O) groups excluding carboxylic acids is 1. The van der Waals surface area contributed by atoms with E-state index in [0.29, 0.717) is 6.54 Å². The molecule has 0 aliphatic heterocycles.